The zero-order chi connectivity index (χ0) is 14.5. The Morgan fingerprint density at radius 3 is 2.68 bits per heavy atom. The molecule has 1 saturated heterocycles. The lowest BCUT2D eigenvalue weighted by Crippen LogP contribution is -2.52. The predicted molar refractivity (Wildman–Crippen MR) is 67.8 cm³/mol. The molecule has 19 heavy (non-hydrogen) atoms. The van der Waals surface area contributed by atoms with E-state index in [1.54, 1.807) is 0 Å². The average Bonchev–Trinajstić information content (AvgIpc) is 2.26. The van der Waals surface area contributed by atoms with E-state index in [-0.39, 0.29) is 24.7 Å². The van der Waals surface area contributed by atoms with E-state index in [4.69, 9.17) is 14.9 Å². The molecule has 0 aromatic rings. The normalized spacial score (nSPS) is 23.4. The van der Waals surface area contributed by atoms with Crippen molar-refractivity contribution in [2.24, 2.45) is 0 Å². The van der Waals surface area contributed by atoms with E-state index in [0.29, 0.717) is 19.4 Å². The van der Waals surface area contributed by atoms with Crippen molar-refractivity contribution in [3.63, 3.8) is 0 Å². The molecule has 0 aromatic heterocycles. The van der Waals surface area contributed by atoms with Gasteiger partial charge in [-0.1, -0.05) is 0 Å². The molecule has 110 valence electrons. The van der Waals surface area contributed by atoms with E-state index in [2.05, 4.69) is 10.6 Å². The average molecular weight is 274 g/mol. The highest BCUT2D eigenvalue weighted by atomic mass is 16.5. The number of aliphatic hydroxyl groups is 1. The molecule has 0 saturated carbocycles. The summed E-state index contributed by atoms with van der Waals surface area (Å²) in [5.74, 6) is -1.16. The number of aliphatic hydroxyl groups excluding tert-OH is 1. The number of hydrogen-bond donors (Lipinski definition) is 4. The van der Waals surface area contributed by atoms with Gasteiger partial charge in [-0.05, 0) is 26.7 Å². The molecule has 2 atom stereocenters. The van der Waals surface area contributed by atoms with E-state index in [1.165, 1.54) is 0 Å². The SMILES string of the molecule is CC1(C)CC(NC(=O)N[C@@H](CCO)C(=O)O)CCO1. The number of aliphatic carboxylic acids is 1. The Labute approximate surface area is 112 Å². The fourth-order valence-electron chi connectivity index (χ4n) is 2.13. The summed E-state index contributed by atoms with van der Waals surface area (Å²) in [6.45, 7) is 4.17. The Kier molecular flexibility index (Phi) is 5.56. The lowest BCUT2D eigenvalue weighted by atomic mass is 9.94. The Hall–Kier alpha value is -1.34. The van der Waals surface area contributed by atoms with Crippen LogP contribution in [0.5, 0.6) is 0 Å². The zero-order valence-corrected chi connectivity index (χ0v) is 11.3. The fourth-order valence-corrected chi connectivity index (χ4v) is 2.13. The van der Waals surface area contributed by atoms with Crippen molar-refractivity contribution in [1.29, 1.82) is 0 Å². The number of amides is 2. The first-order chi connectivity index (χ1) is 8.84. The molecule has 1 rings (SSSR count). The smallest absolute Gasteiger partial charge is 0.326 e. The van der Waals surface area contributed by atoms with Crippen molar-refractivity contribution in [3.05, 3.63) is 0 Å². The molecule has 1 aliphatic heterocycles. The molecule has 0 spiro atoms. The number of carbonyl (C=O) groups excluding carboxylic acids is 1. The van der Waals surface area contributed by atoms with Crippen LogP contribution in [0, 0.1) is 0 Å². The molecule has 1 fully saturated rings. The molecule has 0 aromatic carbocycles. The van der Waals surface area contributed by atoms with Gasteiger partial charge in [0.15, 0.2) is 0 Å². The lowest BCUT2D eigenvalue weighted by Gasteiger charge is -2.35. The second kappa shape index (κ2) is 6.72. The standard InChI is InChI=1S/C12H22N2O5/c1-12(2)7-8(4-6-19-12)13-11(18)14-9(3-5-15)10(16)17/h8-9,15H,3-7H2,1-2H3,(H,16,17)(H2,13,14,18)/t8?,9-/m0/s1. The molecule has 7 nitrogen and oxygen atoms in total. The summed E-state index contributed by atoms with van der Waals surface area (Å²) in [6, 6.07) is -1.63. The summed E-state index contributed by atoms with van der Waals surface area (Å²) in [5, 5.41) is 22.7. The van der Waals surface area contributed by atoms with Gasteiger partial charge in [0.1, 0.15) is 6.04 Å². The number of carboxylic acids is 1. The number of urea groups is 1. The Morgan fingerprint density at radius 1 is 1.47 bits per heavy atom. The monoisotopic (exact) mass is 274 g/mol. The quantitative estimate of drug-likeness (QED) is 0.568. The number of nitrogens with one attached hydrogen (secondary N) is 2. The van der Waals surface area contributed by atoms with E-state index in [1.807, 2.05) is 13.8 Å². The van der Waals surface area contributed by atoms with Gasteiger partial charge in [-0.2, -0.15) is 0 Å². The molecular weight excluding hydrogens is 252 g/mol. The van der Waals surface area contributed by atoms with Crippen molar-refractivity contribution in [2.75, 3.05) is 13.2 Å². The first-order valence-corrected chi connectivity index (χ1v) is 6.39. The van der Waals surface area contributed by atoms with Crippen LogP contribution >= 0.6 is 0 Å². The number of rotatable bonds is 5. The lowest BCUT2D eigenvalue weighted by molar-refractivity contribution is -0.139. The van der Waals surface area contributed by atoms with Gasteiger partial charge in [0.2, 0.25) is 0 Å². The van der Waals surface area contributed by atoms with Crippen molar-refractivity contribution < 1.29 is 24.5 Å². The number of hydrogen-bond acceptors (Lipinski definition) is 4. The number of ether oxygens (including phenoxy) is 1. The molecule has 0 radical (unpaired) electrons. The third kappa shape index (κ3) is 5.44. The van der Waals surface area contributed by atoms with Gasteiger partial charge < -0.3 is 25.6 Å². The van der Waals surface area contributed by atoms with Crippen LogP contribution in [0.25, 0.3) is 0 Å². The van der Waals surface area contributed by atoms with E-state index in [9.17, 15) is 9.59 Å². The van der Waals surface area contributed by atoms with Crippen molar-refractivity contribution in [3.8, 4) is 0 Å². The van der Waals surface area contributed by atoms with Crippen molar-refractivity contribution in [1.82, 2.24) is 10.6 Å². The molecule has 0 aliphatic carbocycles. The molecule has 4 N–H and O–H groups in total. The van der Waals surface area contributed by atoms with Gasteiger partial charge in [0.25, 0.3) is 0 Å². The maximum absolute atomic E-state index is 11.7. The van der Waals surface area contributed by atoms with Gasteiger partial charge in [-0.3, -0.25) is 0 Å². The summed E-state index contributed by atoms with van der Waals surface area (Å²) in [7, 11) is 0. The first-order valence-electron chi connectivity index (χ1n) is 6.39. The van der Waals surface area contributed by atoms with Gasteiger partial charge in [0, 0.05) is 25.7 Å². The van der Waals surface area contributed by atoms with Crippen LogP contribution in [0.3, 0.4) is 0 Å². The summed E-state index contributed by atoms with van der Waals surface area (Å²) in [4.78, 5) is 22.6. The topological polar surface area (TPSA) is 108 Å². The Morgan fingerprint density at radius 2 is 2.16 bits per heavy atom. The minimum Gasteiger partial charge on any atom is -0.480 e. The number of carboxylic acid groups (broad SMARTS) is 1. The van der Waals surface area contributed by atoms with Crippen LogP contribution in [0.2, 0.25) is 0 Å². The van der Waals surface area contributed by atoms with E-state index < -0.39 is 18.0 Å². The van der Waals surface area contributed by atoms with Crippen LogP contribution in [-0.4, -0.2) is 53.1 Å². The zero-order valence-electron chi connectivity index (χ0n) is 11.3. The first kappa shape index (κ1) is 15.7. The molecule has 1 aliphatic rings. The second-order valence-electron chi connectivity index (χ2n) is 5.32. The molecule has 2 amide bonds. The number of carbonyl (C=O) groups is 2. The maximum atomic E-state index is 11.7. The van der Waals surface area contributed by atoms with Gasteiger partial charge in [-0.25, -0.2) is 9.59 Å². The van der Waals surface area contributed by atoms with Crippen LogP contribution in [-0.2, 0) is 9.53 Å². The van der Waals surface area contributed by atoms with E-state index >= 15 is 0 Å². The molecular formula is C12H22N2O5. The van der Waals surface area contributed by atoms with Crippen LogP contribution in [0.4, 0.5) is 4.79 Å². The fraction of sp³-hybridized carbons (Fsp3) is 0.833. The minimum absolute atomic E-state index is 0.0119. The van der Waals surface area contributed by atoms with Gasteiger partial charge in [0.05, 0.1) is 5.60 Å². The third-order valence-electron chi connectivity index (χ3n) is 3.05. The Bertz CT molecular complexity index is 332. The maximum Gasteiger partial charge on any atom is 0.326 e. The van der Waals surface area contributed by atoms with Gasteiger partial charge in [-0.15, -0.1) is 0 Å². The highest BCUT2D eigenvalue weighted by molar-refractivity contribution is 5.82. The molecule has 0 bridgehead atoms. The van der Waals surface area contributed by atoms with Crippen LogP contribution < -0.4 is 10.6 Å². The summed E-state index contributed by atoms with van der Waals surface area (Å²) in [5.41, 5.74) is -0.284. The predicted octanol–water partition coefficient (Wildman–Crippen LogP) is 0.0788. The highest BCUT2D eigenvalue weighted by Gasteiger charge is 2.30. The van der Waals surface area contributed by atoms with E-state index in [0.717, 1.165) is 0 Å². The summed E-state index contributed by atoms with van der Waals surface area (Å²) >= 11 is 0. The summed E-state index contributed by atoms with van der Waals surface area (Å²) in [6.07, 6.45) is 1.37. The summed E-state index contributed by atoms with van der Waals surface area (Å²) < 4.78 is 5.54. The largest absolute Gasteiger partial charge is 0.480 e. The highest BCUT2D eigenvalue weighted by Crippen LogP contribution is 2.23. The Balaban J connectivity index is 2.43. The van der Waals surface area contributed by atoms with Gasteiger partial charge >= 0.3 is 12.0 Å². The third-order valence-corrected chi connectivity index (χ3v) is 3.05. The van der Waals surface area contributed by atoms with Crippen LogP contribution in [0.15, 0.2) is 0 Å². The van der Waals surface area contributed by atoms with Crippen molar-refractivity contribution >= 4 is 12.0 Å². The van der Waals surface area contributed by atoms with Crippen molar-refractivity contribution in [2.45, 2.75) is 50.8 Å². The minimum atomic E-state index is -1.16. The molecule has 1 unspecified atom stereocenters. The van der Waals surface area contributed by atoms with Crippen LogP contribution in [0.1, 0.15) is 33.1 Å². The molecule has 1 heterocycles. The molecule has 7 heteroatoms. The second-order valence-corrected chi connectivity index (χ2v) is 5.32.